The molecule has 7 atom stereocenters. The van der Waals surface area contributed by atoms with E-state index in [2.05, 4.69) is 22.9 Å². The average molecular weight is 367 g/mol. The molecule has 9 nitrogen and oxygen atoms in total. The molecular formula is C17H29N5O4. The van der Waals surface area contributed by atoms with Gasteiger partial charge in [-0.05, 0) is 45.6 Å². The standard InChI is InChI=1S/C17H29N5O4/c1-9-3-2-8-25-16-10(14(18)23)4-5-12(20-16)22-13-11(26-9)6-7-19-15(13)21-17(22)24/h9-13,15-16,19-20H,2-8H2,1H3,(H2,18,23)(H,21,24)/t9-,10?,11?,12?,13?,15?,16?/m0/s1. The van der Waals surface area contributed by atoms with E-state index in [1.807, 2.05) is 4.90 Å². The minimum absolute atomic E-state index is 0.00958. The molecule has 4 fully saturated rings. The number of hydrogen-bond acceptors (Lipinski definition) is 6. The topological polar surface area (TPSA) is 118 Å². The maximum Gasteiger partial charge on any atom is 0.320 e. The van der Waals surface area contributed by atoms with Gasteiger partial charge in [0.05, 0.1) is 30.3 Å². The van der Waals surface area contributed by atoms with E-state index in [0.717, 1.165) is 25.8 Å². The number of carbonyl (C=O) groups excluding carboxylic acids is 2. The van der Waals surface area contributed by atoms with Gasteiger partial charge in [0, 0.05) is 6.61 Å². The van der Waals surface area contributed by atoms with Gasteiger partial charge in [-0.2, -0.15) is 0 Å². The number of amides is 3. The van der Waals surface area contributed by atoms with E-state index >= 15 is 0 Å². The van der Waals surface area contributed by atoms with Gasteiger partial charge in [0.1, 0.15) is 12.4 Å². The van der Waals surface area contributed by atoms with Crippen LogP contribution in [0.2, 0.25) is 0 Å². The molecule has 4 heterocycles. The Morgan fingerprint density at radius 1 is 1.27 bits per heavy atom. The molecule has 0 aromatic carbocycles. The predicted molar refractivity (Wildman–Crippen MR) is 92.7 cm³/mol. The van der Waals surface area contributed by atoms with Crippen LogP contribution in [0.3, 0.4) is 0 Å². The van der Waals surface area contributed by atoms with Gasteiger partial charge < -0.3 is 25.4 Å². The molecule has 0 aliphatic carbocycles. The number of urea groups is 1. The Bertz CT molecular complexity index is 561. The maximum absolute atomic E-state index is 12.7. The molecule has 0 radical (unpaired) electrons. The van der Waals surface area contributed by atoms with Crippen LogP contribution in [-0.2, 0) is 14.3 Å². The number of nitrogens with two attached hydrogens (primary N) is 1. The molecule has 5 N–H and O–H groups in total. The molecule has 4 aliphatic rings. The summed E-state index contributed by atoms with van der Waals surface area (Å²) in [7, 11) is 0. The Kier molecular flexibility index (Phi) is 5.05. The number of piperidine rings is 2. The lowest BCUT2D eigenvalue weighted by atomic mass is 9.92. The molecule has 146 valence electrons. The molecular weight excluding hydrogens is 338 g/mol. The smallest absolute Gasteiger partial charge is 0.320 e. The van der Waals surface area contributed by atoms with Crippen LogP contribution in [0.4, 0.5) is 4.79 Å². The molecule has 0 aromatic heterocycles. The Hall–Kier alpha value is -1.42. The largest absolute Gasteiger partial charge is 0.373 e. The molecule has 4 aliphatic heterocycles. The monoisotopic (exact) mass is 367 g/mol. The Labute approximate surface area is 153 Å². The highest BCUT2D eigenvalue weighted by Crippen LogP contribution is 2.31. The van der Waals surface area contributed by atoms with Gasteiger partial charge in [-0.3, -0.25) is 15.4 Å². The van der Waals surface area contributed by atoms with E-state index in [4.69, 9.17) is 15.2 Å². The van der Waals surface area contributed by atoms with Crippen molar-refractivity contribution in [2.75, 3.05) is 13.2 Å². The normalized spacial score (nSPS) is 43.7. The van der Waals surface area contributed by atoms with Crippen molar-refractivity contribution in [2.24, 2.45) is 11.7 Å². The quantitative estimate of drug-likeness (QED) is 0.493. The van der Waals surface area contributed by atoms with Crippen LogP contribution in [-0.4, -0.2) is 66.8 Å². The first-order valence-electron chi connectivity index (χ1n) is 9.69. The maximum atomic E-state index is 12.7. The van der Waals surface area contributed by atoms with E-state index in [-0.39, 0.29) is 48.4 Å². The van der Waals surface area contributed by atoms with Crippen molar-refractivity contribution in [3.05, 3.63) is 0 Å². The Morgan fingerprint density at radius 3 is 2.92 bits per heavy atom. The zero-order valence-electron chi connectivity index (χ0n) is 15.1. The van der Waals surface area contributed by atoms with Crippen LogP contribution in [0.5, 0.6) is 0 Å². The van der Waals surface area contributed by atoms with Crippen LogP contribution in [0.1, 0.15) is 39.0 Å². The molecule has 6 unspecified atom stereocenters. The van der Waals surface area contributed by atoms with Crippen molar-refractivity contribution >= 4 is 11.9 Å². The molecule has 4 rings (SSSR count). The third-order valence-corrected chi connectivity index (χ3v) is 5.98. The molecule has 2 bridgehead atoms. The molecule has 0 saturated carbocycles. The van der Waals surface area contributed by atoms with E-state index < -0.39 is 6.23 Å². The van der Waals surface area contributed by atoms with E-state index in [1.54, 1.807) is 0 Å². The van der Waals surface area contributed by atoms with Gasteiger partial charge in [0.15, 0.2) is 0 Å². The second-order valence-corrected chi connectivity index (χ2v) is 7.76. The van der Waals surface area contributed by atoms with Crippen molar-refractivity contribution in [2.45, 2.75) is 75.8 Å². The molecule has 0 aromatic rings. The summed E-state index contributed by atoms with van der Waals surface area (Å²) in [6.45, 7) is 3.43. The fourth-order valence-corrected chi connectivity index (χ4v) is 4.70. The van der Waals surface area contributed by atoms with Crippen molar-refractivity contribution in [3.63, 3.8) is 0 Å². The number of ether oxygens (including phenoxy) is 2. The van der Waals surface area contributed by atoms with Crippen LogP contribution in [0.25, 0.3) is 0 Å². The predicted octanol–water partition coefficient (Wildman–Crippen LogP) is -0.579. The van der Waals surface area contributed by atoms with E-state index in [1.165, 1.54) is 0 Å². The number of carbonyl (C=O) groups is 2. The summed E-state index contributed by atoms with van der Waals surface area (Å²) in [5, 5.41) is 9.78. The lowest BCUT2D eigenvalue weighted by molar-refractivity contribution is -0.137. The van der Waals surface area contributed by atoms with Crippen LogP contribution in [0.15, 0.2) is 0 Å². The molecule has 26 heavy (non-hydrogen) atoms. The first-order chi connectivity index (χ1) is 12.5. The molecule has 3 amide bonds. The third-order valence-electron chi connectivity index (χ3n) is 5.98. The van der Waals surface area contributed by atoms with Crippen molar-refractivity contribution < 1.29 is 19.1 Å². The van der Waals surface area contributed by atoms with Gasteiger partial charge in [-0.1, -0.05) is 0 Å². The number of primary amides is 1. The third kappa shape index (κ3) is 3.28. The average Bonchev–Trinajstić information content (AvgIpc) is 2.94. The molecule has 9 heteroatoms. The number of fused-ring (bicyclic) bond motifs is 3. The number of nitrogens with one attached hydrogen (secondary N) is 3. The molecule has 0 spiro atoms. The number of hydrogen-bond donors (Lipinski definition) is 4. The highest BCUT2D eigenvalue weighted by atomic mass is 16.5. The lowest BCUT2D eigenvalue weighted by Crippen LogP contribution is -2.65. The SMILES string of the molecule is C[C@H]1CCCOC2NC(CCC2C(N)=O)N2C(=O)NC3NCCC(O1)C32. The first kappa shape index (κ1) is 18.0. The van der Waals surface area contributed by atoms with Gasteiger partial charge in [0.2, 0.25) is 5.91 Å². The zero-order valence-corrected chi connectivity index (χ0v) is 15.1. The lowest BCUT2D eigenvalue weighted by Gasteiger charge is -2.45. The van der Waals surface area contributed by atoms with Gasteiger partial charge in [0.25, 0.3) is 0 Å². The van der Waals surface area contributed by atoms with Crippen molar-refractivity contribution in [1.29, 1.82) is 0 Å². The zero-order chi connectivity index (χ0) is 18.3. The van der Waals surface area contributed by atoms with Crippen molar-refractivity contribution in [3.8, 4) is 0 Å². The first-order valence-corrected chi connectivity index (χ1v) is 9.69. The summed E-state index contributed by atoms with van der Waals surface area (Å²) in [6, 6.07) is -0.192. The summed E-state index contributed by atoms with van der Waals surface area (Å²) < 4.78 is 12.3. The Morgan fingerprint density at radius 2 is 2.12 bits per heavy atom. The Balaban J connectivity index is 1.62. The second kappa shape index (κ2) is 7.30. The number of rotatable bonds is 1. The summed E-state index contributed by atoms with van der Waals surface area (Å²) >= 11 is 0. The minimum Gasteiger partial charge on any atom is -0.373 e. The highest BCUT2D eigenvalue weighted by molar-refractivity contribution is 5.79. The van der Waals surface area contributed by atoms with Gasteiger partial charge >= 0.3 is 6.03 Å². The van der Waals surface area contributed by atoms with Gasteiger partial charge in [-0.25, -0.2) is 4.79 Å². The van der Waals surface area contributed by atoms with E-state index in [9.17, 15) is 9.59 Å². The fourth-order valence-electron chi connectivity index (χ4n) is 4.70. The summed E-state index contributed by atoms with van der Waals surface area (Å²) in [4.78, 5) is 26.4. The molecule has 4 saturated heterocycles. The number of nitrogens with zero attached hydrogens (tertiary/aromatic N) is 1. The summed E-state index contributed by atoms with van der Waals surface area (Å²) in [5.74, 6) is -0.727. The van der Waals surface area contributed by atoms with E-state index in [0.29, 0.717) is 19.4 Å². The van der Waals surface area contributed by atoms with Crippen LogP contribution in [0, 0.1) is 5.92 Å². The highest BCUT2D eigenvalue weighted by Gasteiger charge is 2.51. The fraction of sp³-hybridized carbons (Fsp3) is 0.882. The minimum atomic E-state index is -0.455. The van der Waals surface area contributed by atoms with Gasteiger partial charge in [-0.15, -0.1) is 0 Å². The van der Waals surface area contributed by atoms with Crippen LogP contribution < -0.4 is 21.7 Å². The summed E-state index contributed by atoms with van der Waals surface area (Å²) in [5.41, 5.74) is 5.57. The second-order valence-electron chi connectivity index (χ2n) is 7.76. The summed E-state index contributed by atoms with van der Waals surface area (Å²) in [6.07, 6.45) is 3.18. The van der Waals surface area contributed by atoms with Crippen molar-refractivity contribution in [1.82, 2.24) is 20.9 Å². The van der Waals surface area contributed by atoms with Crippen LogP contribution >= 0.6 is 0 Å².